The topological polar surface area (TPSA) is 0 Å². The minimum absolute atomic E-state index is 0.129. The molecule has 0 unspecified atom stereocenters. The molecule has 53 heavy (non-hydrogen) atoms. The highest BCUT2D eigenvalue weighted by molar-refractivity contribution is 7.23. The van der Waals surface area contributed by atoms with Gasteiger partial charge in [-0.2, -0.15) is 22.7 Å². The third-order valence-corrected chi connectivity index (χ3v) is 13.8. The molecule has 0 bridgehead atoms. The van der Waals surface area contributed by atoms with E-state index >= 15 is 0 Å². The molecule has 0 N–H and O–H groups in total. The lowest BCUT2D eigenvalue weighted by Crippen LogP contribution is -2.24. The molecule has 0 atom stereocenters. The van der Waals surface area contributed by atoms with Crippen molar-refractivity contribution in [2.75, 3.05) is 0 Å². The summed E-state index contributed by atoms with van der Waals surface area (Å²) in [5.41, 5.74) is 3.48. The highest BCUT2D eigenvalue weighted by Crippen LogP contribution is 2.45. The minimum Gasteiger partial charge on any atom is -0.203 e. The second-order valence-corrected chi connectivity index (χ2v) is 17.6. The third kappa shape index (κ3) is 9.73. The van der Waals surface area contributed by atoms with E-state index in [0.717, 1.165) is 55.9 Å². The molecule has 2 aromatic carbocycles. The molecule has 0 saturated heterocycles. The summed E-state index contributed by atoms with van der Waals surface area (Å²) in [6.07, 6.45) is 19.2. The highest BCUT2D eigenvalue weighted by Gasteiger charge is 2.32. The van der Waals surface area contributed by atoms with Gasteiger partial charge in [-0.15, -0.1) is 0 Å². The lowest BCUT2D eigenvalue weighted by Gasteiger charge is -2.37. The smallest absolute Gasteiger partial charge is 0.168 e. The second kappa shape index (κ2) is 18.2. The average molecular weight is 748 g/mol. The number of allylic oxidation sites excluding steroid dienone is 4. The molecule has 3 fully saturated rings. The van der Waals surface area contributed by atoms with E-state index in [2.05, 4.69) is 13.0 Å². The Morgan fingerprint density at radius 2 is 1.11 bits per heavy atom. The van der Waals surface area contributed by atoms with E-state index in [1.807, 2.05) is 13.0 Å². The van der Waals surface area contributed by atoms with Gasteiger partial charge < -0.3 is 0 Å². The average Bonchev–Trinajstić information content (AvgIpc) is 3.81. The Morgan fingerprint density at radius 1 is 0.585 bits per heavy atom. The summed E-state index contributed by atoms with van der Waals surface area (Å²) in [5.74, 6) is -0.382. The van der Waals surface area contributed by atoms with Gasteiger partial charge in [-0.1, -0.05) is 98.8 Å². The van der Waals surface area contributed by atoms with Crippen LogP contribution in [0.1, 0.15) is 114 Å². The Bertz CT molecular complexity index is 1900. The number of benzene rings is 2. The first kappa shape index (κ1) is 39.9. The van der Waals surface area contributed by atoms with Crippen molar-refractivity contribution in [2.24, 2.45) is 17.8 Å². The van der Waals surface area contributed by atoms with Crippen molar-refractivity contribution in [3.05, 3.63) is 101 Å². The second-order valence-electron chi connectivity index (χ2n) is 15.4. The van der Waals surface area contributed by atoms with Crippen molar-refractivity contribution in [3.8, 4) is 20.9 Å². The molecule has 3 aliphatic rings. The number of halogens is 4. The molecule has 0 nitrogen and oxygen atoms in total. The first-order chi connectivity index (χ1) is 25.5. The molecule has 6 radical (unpaired) electrons. The zero-order valence-corrected chi connectivity index (χ0v) is 32.5. The van der Waals surface area contributed by atoms with Crippen LogP contribution in [0.15, 0.2) is 66.3 Å². The maximum absolute atomic E-state index is 14.8. The lowest BCUT2D eigenvalue weighted by molar-refractivity contribution is 0.185. The zero-order chi connectivity index (χ0) is 37.6. The van der Waals surface area contributed by atoms with Gasteiger partial charge in [0, 0.05) is 26.4 Å². The van der Waals surface area contributed by atoms with Crippen LogP contribution in [0.3, 0.4) is 0 Å². The molecule has 2 heterocycles. The maximum Gasteiger partial charge on any atom is 0.168 e. The fourth-order valence-electron chi connectivity index (χ4n) is 8.67. The Balaban J connectivity index is 0.000000182. The van der Waals surface area contributed by atoms with E-state index in [4.69, 9.17) is 23.5 Å². The van der Waals surface area contributed by atoms with Gasteiger partial charge in [0.25, 0.3) is 0 Å². The van der Waals surface area contributed by atoms with Gasteiger partial charge in [-0.25, -0.2) is 17.6 Å². The SMILES string of the molecule is [B]c1ccc(-c2ccc(/C(C)=C/C=C(\C)C3CCCCC3)c(F)c2F)s1.[B]c1ccc(-c2ccc(C3CCC(C4CCC([B])CC4)CC3)c(F)c2F)s1. The molecule has 2 aromatic heterocycles. The Morgan fingerprint density at radius 3 is 1.66 bits per heavy atom. The molecule has 0 spiro atoms. The monoisotopic (exact) mass is 748 g/mol. The van der Waals surface area contributed by atoms with Crippen molar-refractivity contribution in [3.63, 3.8) is 0 Å². The lowest BCUT2D eigenvalue weighted by atomic mass is 9.65. The van der Waals surface area contributed by atoms with E-state index < -0.39 is 23.3 Å². The van der Waals surface area contributed by atoms with E-state index in [1.54, 1.807) is 48.5 Å². The van der Waals surface area contributed by atoms with Crippen LogP contribution in [0.2, 0.25) is 5.82 Å². The van der Waals surface area contributed by atoms with Gasteiger partial charge in [0.15, 0.2) is 23.3 Å². The summed E-state index contributed by atoms with van der Waals surface area (Å²) in [7, 11) is 17.5. The zero-order valence-electron chi connectivity index (χ0n) is 30.9. The van der Waals surface area contributed by atoms with Gasteiger partial charge in [0.1, 0.15) is 15.7 Å². The normalized spacial score (nSPS) is 23.1. The predicted octanol–water partition coefficient (Wildman–Crippen LogP) is 12.3. The molecule has 0 amide bonds. The van der Waals surface area contributed by atoms with Crippen LogP contribution in [-0.2, 0) is 0 Å². The number of thiophene rings is 2. The summed E-state index contributed by atoms with van der Waals surface area (Å²) >= 11 is 2.54. The number of hydrogen-bond donors (Lipinski definition) is 0. The standard InChI is InChI=1S/C22H24B2F2S.C22H23BF2S/c23-16-7-5-14(6-8-16)13-1-3-15(4-2-13)17-9-10-18(22(26)21(17)25)19-11-12-20(24)27-19;1-14(16-6-4-3-5-7-16)8-9-15(2)17-10-11-18(22(25)21(17)24)19-12-13-20(23)26-19/h9-16H,1-8H2;8-13,16H,3-7H2,1-2H3/b;14-8+,15-9+. The van der Waals surface area contributed by atoms with Crippen molar-refractivity contribution in [2.45, 2.75) is 109 Å². The van der Waals surface area contributed by atoms with Gasteiger partial charge in [-0.05, 0) is 115 Å². The molecule has 0 aliphatic heterocycles. The van der Waals surface area contributed by atoms with Crippen molar-refractivity contribution >= 4 is 61.3 Å². The van der Waals surface area contributed by atoms with Crippen LogP contribution in [0, 0.1) is 41.0 Å². The molecule has 4 aromatic rings. The Labute approximate surface area is 325 Å². The van der Waals surface area contributed by atoms with Gasteiger partial charge in [-0.3, -0.25) is 0 Å². The van der Waals surface area contributed by atoms with Gasteiger partial charge in [0.05, 0.1) is 7.85 Å². The van der Waals surface area contributed by atoms with E-state index in [1.165, 1.54) is 73.2 Å². The molecule has 3 saturated carbocycles. The Hall–Kier alpha value is -2.77. The first-order valence-electron chi connectivity index (χ1n) is 19.3. The first-order valence-corrected chi connectivity index (χ1v) is 20.9. The van der Waals surface area contributed by atoms with Crippen molar-refractivity contribution < 1.29 is 17.6 Å². The molecule has 272 valence electrons. The predicted molar refractivity (Wildman–Crippen MR) is 220 cm³/mol. The molecular formula is C44H47B3F4S2. The van der Waals surface area contributed by atoms with Crippen molar-refractivity contribution in [1.82, 2.24) is 0 Å². The van der Waals surface area contributed by atoms with Crippen LogP contribution < -0.4 is 9.55 Å². The fourth-order valence-corrected chi connectivity index (χ4v) is 10.3. The number of hydrogen-bond acceptors (Lipinski definition) is 2. The molecular weight excluding hydrogens is 701 g/mol. The van der Waals surface area contributed by atoms with Crippen molar-refractivity contribution in [1.29, 1.82) is 0 Å². The van der Waals surface area contributed by atoms with Crippen LogP contribution in [0.4, 0.5) is 17.6 Å². The van der Waals surface area contributed by atoms with Crippen LogP contribution in [0.25, 0.3) is 26.5 Å². The molecule has 3 aliphatic carbocycles. The van der Waals surface area contributed by atoms with Crippen LogP contribution in [0.5, 0.6) is 0 Å². The fraction of sp³-hybridized carbons (Fsp3) is 0.455. The van der Waals surface area contributed by atoms with E-state index in [0.29, 0.717) is 47.7 Å². The highest BCUT2D eigenvalue weighted by atomic mass is 32.1. The summed E-state index contributed by atoms with van der Waals surface area (Å²) < 4.78 is 59.9. The third-order valence-electron chi connectivity index (χ3n) is 11.9. The Kier molecular flexibility index (Phi) is 13.7. The summed E-state index contributed by atoms with van der Waals surface area (Å²) in [5, 5.41) is 0. The van der Waals surface area contributed by atoms with E-state index in [-0.39, 0.29) is 11.5 Å². The van der Waals surface area contributed by atoms with Gasteiger partial charge >= 0.3 is 0 Å². The summed E-state index contributed by atoms with van der Waals surface area (Å²) in [4.78, 5) is 1.31. The molecule has 7 rings (SSSR count). The summed E-state index contributed by atoms with van der Waals surface area (Å²) in [6, 6.07) is 13.7. The maximum atomic E-state index is 14.8. The van der Waals surface area contributed by atoms with Gasteiger partial charge in [0.2, 0.25) is 0 Å². The summed E-state index contributed by atoms with van der Waals surface area (Å²) in [6.45, 7) is 3.96. The minimum atomic E-state index is -0.815. The largest absolute Gasteiger partial charge is 0.203 e. The van der Waals surface area contributed by atoms with Crippen LogP contribution in [-0.4, -0.2) is 23.5 Å². The number of rotatable bonds is 7. The molecule has 9 heteroatoms. The van der Waals surface area contributed by atoms with Crippen LogP contribution >= 0.6 is 22.7 Å². The van der Waals surface area contributed by atoms with E-state index in [9.17, 15) is 17.6 Å². The quantitative estimate of drug-likeness (QED) is 0.100.